The summed E-state index contributed by atoms with van der Waals surface area (Å²) in [4.78, 5) is 0. The van der Waals surface area contributed by atoms with E-state index in [0.29, 0.717) is 5.92 Å². The fourth-order valence-electron chi connectivity index (χ4n) is 0.854. The SMILES string of the molecule is CC(C)C1=CN=NCC1. The quantitative estimate of drug-likeness (QED) is 0.512. The highest BCUT2D eigenvalue weighted by molar-refractivity contribution is 5.05. The summed E-state index contributed by atoms with van der Waals surface area (Å²) in [5, 5.41) is 7.70. The Bertz CT molecular complexity index is 145. The van der Waals surface area contributed by atoms with E-state index in [1.807, 2.05) is 6.20 Å². The van der Waals surface area contributed by atoms with Crippen molar-refractivity contribution in [2.75, 3.05) is 6.54 Å². The molecule has 0 saturated heterocycles. The van der Waals surface area contributed by atoms with Crippen molar-refractivity contribution in [3.63, 3.8) is 0 Å². The molecule has 0 amide bonds. The van der Waals surface area contributed by atoms with Crippen LogP contribution in [0, 0.1) is 5.92 Å². The topological polar surface area (TPSA) is 24.7 Å². The van der Waals surface area contributed by atoms with Crippen LogP contribution in [0.15, 0.2) is 22.0 Å². The second-order valence-electron chi connectivity index (χ2n) is 2.59. The van der Waals surface area contributed by atoms with Gasteiger partial charge in [0.25, 0.3) is 0 Å². The van der Waals surface area contributed by atoms with E-state index >= 15 is 0 Å². The van der Waals surface area contributed by atoms with Gasteiger partial charge in [-0.05, 0) is 17.9 Å². The molecule has 50 valence electrons. The minimum atomic E-state index is 0.643. The van der Waals surface area contributed by atoms with Crippen LogP contribution in [0.2, 0.25) is 0 Å². The molecule has 1 rings (SSSR count). The largest absolute Gasteiger partial charge is 0.189 e. The fourth-order valence-corrected chi connectivity index (χ4v) is 0.854. The fraction of sp³-hybridized carbons (Fsp3) is 0.714. The minimum Gasteiger partial charge on any atom is -0.189 e. The molecule has 0 saturated carbocycles. The molecule has 9 heavy (non-hydrogen) atoms. The lowest BCUT2D eigenvalue weighted by molar-refractivity contribution is 0.684. The molecule has 0 atom stereocenters. The molecule has 0 N–H and O–H groups in total. The van der Waals surface area contributed by atoms with E-state index in [-0.39, 0.29) is 0 Å². The summed E-state index contributed by atoms with van der Waals surface area (Å²) in [6, 6.07) is 0. The maximum Gasteiger partial charge on any atom is 0.0641 e. The first-order valence-corrected chi connectivity index (χ1v) is 3.36. The zero-order valence-corrected chi connectivity index (χ0v) is 5.96. The average Bonchev–Trinajstić information content (AvgIpc) is 1.90. The second-order valence-corrected chi connectivity index (χ2v) is 2.59. The molecule has 0 spiro atoms. The molecular weight excluding hydrogens is 112 g/mol. The van der Waals surface area contributed by atoms with Gasteiger partial charge in [-0.3, -0.25) is 0 Å². The summed E-state index contributed by atoms with van der Waals surface area (Å²) in [6.07, 6.45) is 2.98. The zero-order valence-electron chi connectivity index (χ0n) is 5.96. The van der Waals surface area contributed by atoms with Gasteiger partial charge in [0.05, 0.1) is 6.54 Å². The maximum atomic E-state index is 3.86. The van der Waals surface area contributed by atoms with Gasteiger partial charge in [0.2, 0.25) is 0 Å². The van der Waals surface area contributed by atoms with Crippen LogP contribution in [-0.4, -0.2) is 6.54 Å². The second kappa shape index (κ2) is 2.76. The maximum absolute atomic E-state index is 3.86. The van der Waals surface area contributed by atoms with E-state index in [1.165, 1.54) is 5.57 Å². The predicted octanol–water partition coefficient (Wildman–Crippen LogP) is 2.38. The van der Waals surface area contributed by atoms with Crippen LogP contribution in [0.4, 0.5) is 0 Å². The average molecular weight is 124 g/mol. The molecule has 1 aliphatic rings. The summed E-state index contributed by atoms with van der Waals surface area (Å²) in [5.41, 5.74) is 1.42. The van der Waals surface area contributed by atoms with E-state index in [4.69, 9.17) is 0 Å². The van der Waals surface area contributed by atoms with E-state index in [1.54, 1.807) is 0 Å². The van der Waals surface area contributed by atoms with Gasteiger partial charge in [-0.25, -0.2) is 0 Å². The first-order chi connectivity index (χ1) is 4.30. The highest BCUT2D eigenvalue weighted by Crippen LogP contribution is 2.16. The van der Waals surface area contributed by atoms with E-state index in [2.05, 4.69) is 24.1 Å². The number of nitrogens with zero attached hydrogens (tertiary/aromatic N) is 2. The lowest BCUT2D eigenvalue weighted by Crippen LogP contribution is -1.98. The lowest BCUT2D eigenvalue weighted by Gasteiger charge is -2.09. The van der Waals surface area contributed by atoms with Gasteiger partial charge >= 0.3 is 0 Å². The Balaban J connectivity index is 2.57. The van der Waals surface area contributed by atoms with Crippen LogP contribution in [0.3, 0.4) is 0 Å². The molecule has 0 fully saturated rings. The van der Waals surface area contributed by atoms with Crippen molar-refractivity contribution in [1.82, 2.24) is 0 Å². The molecule has 0 aromatic rings. The van der Waals surface area contributed by atoms with Crippen molar-refractivity contribution in [3.05, 3.63) is 11.8 Å². The molecular formula is C7H12N2. The summed E-state index contributed by atoms with van der Waals surface area (Å²) in [5.74, 6) is 0.643. The monoisotopic (exact) mass is 124 g/mol. The third kappa shape index (κ3) is 1.63. The minimum absolute atomic E-state index is 0.643. The van der Waals surface area contributed by atoms with Crippen LogP contribution in [0.1, 0.15) is 20.3 Å². The molecule has 0 aromatic heterocycles. The van der Waals surface area contributed by atoms with Gasteiger partial charge < -0.3 is 0 Å². The Hall–Kier alpha value is -0.660. The van der Waals surface area contributed by atoms with Gasteiger partial charge in [-0.15, -0.1) is 0 Å². The summed E-state index contributed by atoms with van der Waals surface area (Å²) in [7, 11) is 0. The number of hydrogen-bond acceptors (Lipinski definition) is 2. The third-order valence-electron chi connectivity index (χ3n) is 1.55. The molecule has 1 aliphatic heterocycles. The van der Waals surface area contributed by atoms with Crippen molar-refractivity contribution in [2.45, 2.75) is 20.3 Å². The Labute approximate surface area is 55.7 Å². The number of rotatable bonds is 1. The Morgan fingerprint density at radius 3 is 2.67 bits per heavy atom. The van der Waals surface area contributed by atoms with E-state index < -0.39 is 0 Å². The molecule has 0 aromatic carbocycles. The van der Waals surface area contributed by atoms with E-state index in [0.717, 1.165) is 13.0 Å². The molecule has 0 radical (unpaired) electrons. The van der Waals surface area contributed by atoms with Gasteiger partial charge in [-0.2, -0.15) is 10.2 Å². The molecule has 0 aliphatic carbocycles. The smallest absolute Gasteiger partial charge is 0.0641 e. The molecule has 1 heterocycles. The highest BCUT2D eigenvalue weighted by Gasteiger charge is 2.04. The van der Waals surface area contributed by atoms with Gasteiger partial charge in [0.15, 0.2) is 0 Å². The first kappa shape index (κ1) is 6.46. The van der Waals surface area contributed by atoms with Gasteiger partial charge in [0.1, 0.15) is 0 Å². The third-order valence-corrected chi connectivity index (χ3v) is 1.55. The standard InChI is InChI=1S/C7H12N2/c1-6(2)7-3-4-8-9-5-7/h5-6H,3-4H2,1-2H3. The Morgan fingerprint density at radius 2 is 2.33 bits per heavy atom. The van der Waals surface area contributed by atoms with Crippen molar-refractivity contribution < 1.29 is 0 Å². The van der Waals surface area contributed by atoms with Crippen LogP contribution in [-0.2, 0) is 0 Å². The summed E-state index contributed by atoms with van der Waals surface area (Å²) >= 11 is 0. The first-order valence-electron chi connectivity index (χ1n) is 3.36. The van der Waals surface area contributed by atoms with Crippen molar-refractivity contribution >= 4 is 0 Å². The van der Waals surface area contributed by atoms with Gasteiger partial charge in [0, 0.05) is 6.20 Å². The van der Waals surface area contributed by atoms with Crippen LogP contribution < -0.4 is 0 Å². The van der Waals surface area contributed by atoms with Gasteiger partial charge in [-0.1, -0.05) is 13.8 Å². The molecule has 2 nitrogen and oxygen atoms in total. The Morgan fingerprint density at radius 1 is 1.56 bits per heavy atom. The number of hydrogen-bond donors (Lipinski definition) is 0. The van der Waals surface area contributed by atoms with Crippen molar-refractivity contribution in [1.29, 1.82) is 0 Å². The van der Waals surface area contributed by atoms with Crippen LogP contribution in [0.5, 0.6) is 0 Å². The van der Waals surface area contributed by atoms with Crippen molar-refractivity contribution in [2.24, 2.45) is 16.1 Å². The van der Waals surface area contributed by atoms with Crippen LogP contribution >= 0.6 is 0 Å². The molecule has 2 heteroatoms. The Kier molecular flexibility index (Phi) is 1.98. The zero-order chi connectivity index (χ0) is 6.69. The lowest BCUT2D eigenvalue weighted by atomic mass is 10.0. The summed E-state index contributed by atoms with van der Waals surface area (Å²) < 4.78 is 0. The van der Waals surface area contributed by atoms with Crippen LogP contribution in [0.25, 0.3) is 0 Å². The highest BCUT2D eigenvalue weighted by atomic mass is 15.1. The molecule has 0 bridgehead atoms. The van der Waals surface area contributed by atoms with E-state index in [9.17, 15) is 0 Å². The summed E-state index contributed by atoms with van der Waals surface area (Å²) in [6.45, 7) is 5.25. The number of azo groups is 1. The predicted molar refractivity (Wildman–Crippen MR) is 37.3 cm³/mol. The molecule has 0 unspecified atom stereocenters. The van der Waals surface area contributed by atoms with Crippen molar-refractivity contribution in [3.8, 4) is 0 Å². The normalized spacial score (nSPS) is 18.3.